The molecule has 0 heterocycles. The maximum absolute atomic E-state index is 11.9. The number of hydrogen-bond acceptors (Lipinski definition) is 6. The van der Waals surface area contributed by atoms with Gasteiger partial charge in [-0.1, -0.05) is 24.3 Å². The molecule has 4 radical (unpaired) electrons. The number of carbonyl (C=O) groups is 2. The number of rotatable bonds is 8. The van der Waals surface area contributed by atoms with Crippen LogP contribution in [-0.2, 0) is 9.59 Å². The smallest absolute Gasteiger partial charge is 0.163 e. The third kappa shape index (κ3) is 6.77. The van der Waals surface area contributed by atoms with Crippen LogP contribution in [0, 0.1) is 0 Å². The Hall–Kier alpha value is -2.74. The van der Waals surface area contributed by atoms with Gasteiger partial charge in [-0.05, 0) is 47.5 Å². The second-order valence-corrected chi connectivity index (χ2v) is 5.64. The third-order valence-electron chi connectivity index (χ3n) is 3.68. The van der Waals surface area contributed by atoms with E-state index < -0.39 is 0 Å². The fourth-order valence-electron chi connectivity index (χ4n) is 2.26. The molecule has 0 aliphatic heterocycles. The molecule has 2 aromatic rings. The number of ether oxygens (including phenoxy) is 2. The number of carbonyl (C=O) groups excluding carboxylic acids is 2. The van der Waals surface area contributed by atoms with Crippen LogP contribution in [0.25, 0.3) is 12.2 Å². The van der Waals surface area contributed by atoms with E-state index in [9.17, 15) is 19.8 Å². The molecule has 0 atom stereocenters. The van der Waals surface area contributed by atoms with Gasteiger partial charge in [-0.25, -0.2) is 0 Å². The van der Waals surface area contributed by atoms with Gasteiger partial charge in [0, 0.05) is 23.9 Å². The molecule has 0 saturated heterocycles. The topological polar surface area (TPSA) is 93.1 Å². The average molecular weight is 487 g/mol. The van der Waals surface area contributed by atoms with Crippen molar-refractivity contribution in [2.24, 2.45) is 0 Å². The number of hydrogen-bond donors (Lipinski definition) is 2. The molecule has 0 bridgehead atoms. The summed E-state index contributed by atoms with van der Waals surface area (Å²) >= 11 is 0. The molecule has 0 fully saturated rings. The molecule has 0 amide bonds. The second-order valence-electron chi connectivity index (χ2n) is 5.64. The van der Waals surface area contributed by atoms with E-state index in [4.69, 9.17) is 9.47 Å². The predicted octanol–water partition coefficient (Wildman–Crippen LogP) is 2.99. The minimum atomic E-state index is -0.347. The SMILES string of the molecule is COc1cc(/C=C/C(=O)CC(=O)/C=C/c2ccc(O)c(OC)c2)ccc1O.[Sn]. The van der Waals surface area contributed by atoms with Gasteiger partial charge < -0.3 is 19.7 Å². The molecule has 2 rings (SSSR count). The van der Waals surface area contributed by atoms with E-state index >= 15 is 0 Å². The summed E-state index contributed by atoms with van der Waals surface area (Å²) in [7, 11) is 2.87. The van der Waals surface area contributed by atoms with Crippen LogP contribution in [0.2, 0.25) is 0 Å². The summed E-state index contributed by atoms with van der Waals surface area (Å²) < 4.78 is 10.00. The number of ketones is 2. The molecule has 28 heavy (non-hydrogen) atoms. The van der Waals surface area contributed by atoms with Gasteiger partial charge in [0.05, 0.1) is 20.6 Å². The van der Waals surface area contributed by atoms with Crippen LogP contribution in [0.5, 0.6) is 23.0 Å². The molecule has 0 aliphatic rings. The summed E-state index contributed by atoms with van der Waals surface area (Å²) in [4.78, 5) is 23.9. The molecule has 2 aromatic carbocycles. The summed E-state index contributed by atoms with van der Waals surface area (Å²) in [6, 6.07) is 9.34. The Morgan fingerprint density at radius 3 is 1.57 bits per heavy atom. The molecule has 6 nitrogen and oxygen atoms in total. The van der Waals surface area contributed by atoms with E-state index in [1.54, 1.807) is 36.4 Å². The summed E-state index contributed by atoms with van der Waals surface area (Å²) in [5, 5.41) is 19.1. The van der Waals surface area contributed by atoms with Gasteiger partial charge in [0.2, 0.25) is 0 Å². The Kier molecular flexibility index (Phi) is 9.30. The van der Waals surface area contributed by atoms with Crippen molar-refractivity contribution < 1.29 is 29.3 Å². The van der Waals surface area contributed by atoms with Crippen molar-refractivity contribution in [3.05, 3.63) is 59.7 Å². The van der Waals surface area contributed by atoms with E-state index in [0.717, 1.165) is 0 Å². The largest absolute Gasteiger partial charge is 0.504 e. The Balaban J connectivity index is 0.00000392. The summed E-state index contributed by atoms with van der Waals surface area (Å²) in [5.41, 5.74) is 1.33. The number of phenols is 2. The van der Waals surface area contributed by atoms with E-state index in [1.807, 2.05) is 0 Å². The minimum absolute atomic E-state index is 0. The number of phenolic OH excluding ortho intramolecular Hbond substituents is 2. The Bertz CT molecular complexity index is 828. The number of methoxy groups -OCH3 is 2. The number of aromatic hydroxyl groups is 2. The molecule has 2 N–H and O–H groups in total. The van der Waals surface area contributed by atoms with Crippen LogP contribution < -0.4 is 9.47 Å². The van der Waals surface area contributed by atoms with Crippen LogP contribution in [0.1, 0.15) is 17.5 Å². The van der Waals surface area contributed by atoms with Gasteiger partial charge in [0.1, 0.15) is 0 Å². The summed E-state index contributed by atoms with van der Waals surface area (Å²) in [6.07, 6.45) is 5.44. The minimum Gasteiger partial charge on any atom is -0.504 e. The summed E-state index contributed by atoms with van der Waals surface area (Å²) in [6.45, 7) is 0. The maximum atomic E-state index is 11.9. The third-order valence-corrected chi connectivity index (χ3v) is 3.68. The van der Waals surface area contributed by atoms with Crippen LogP contribution in [0.4, 0.5) is 0 Å². The van der Waals surface area contributed by atoms with Gasteiger partial charge in [-0.3, -0.25) is 9.59 Å². The number of benzene rings is 2. The van der Waals surface area contributed by atoms with Gasteiger partial charge in [-0.15, -0.1) is 0 Å². The van der Waals surface area contributed by atoms with Crippen molar-refractivity contribution >= 4 is 47.6 Å². The zero-order valence-corrected chi connectivity index (χ0v) is 18.4. The fourth-order valence-corrected chi connectivity index (χ4v) is 2.26. The monoisotopic (exact) mass is 488 g/mol. The van der Waals surface area contributed by atoms with Crippen molar-refractivity contribution in [3.63, 3.8) is 0 Å². The molecule has 0 spiro atoms. The normalized spacial score (nSPS) is 10.6. The fraction of sp³-hybridized carbons (Fsp3) is 0.143. The molecular weight excluding hydrogens is 467 g/mol. The molecule has 0 aliphatic carbocycles. The zero-order valence-electron chi connectivity index (χ0n) is 15.5. The standard InChI is InChI=1S/C21H20O6.Sn/c1-26-20-11-14(5-9-18(20)24)3-7-16(22)13-17(23)8-4-15-6-10-19(25)21(12-15)27-2;/h3-12,24-25H,13H2,1-2H3;/b7-3+,8-4+;. The van der Waals surface area contributed by atoms with Crippen molar-refractivity contribution in [1.82, 2.24) is 0 Å². The average Bonchev–Trinajstić information content (AvgIpc) is 2.66. The van der Waals surface area contributed by atoms with Crippen molar-refractivity contribution in [2.45, 2.75) is 6.42 Å². The predicted molar refractivity (Wildman–Crippen MR) is 108 cm³/mol. The molecular formula is C21H20O6Sn. The van der Waals surface area contributed by atoms with Gasteiger partial charge in [-0.2, -0.15) is 0 Å². The van der Waals surface area contributed by atoms with Crippen LogP contribution in [0.3, 0.4) is 0 Å². The quantitative estimate of drug-likeness (QED) is 0.338. The van der Waals surface area contributed by atoms with E-state index in [1.165, 1.54) is 38.5 Å². The molecule has 144 valence electrons. The van der Waals surface area contributed by atoms with Gasteiger partial charge >= 0.3 is 0 Å². The number of allylic oxidation sites excluding steroid dienone is 2. The molecule has 0 saturated carbocycles. The second kappa shape index (κ2) is 11.2. The first-order chi connectivity index (χ1) is 12.9. The van der Waals surface area contributed by atoms with Crippen molar-refractivity contribution in [3.8, 4) is 23.0 Å². The first kappa shape index (κ1) is 23.3. The van der Waals surface area contributed by atoms with Gasteiger partial charge in [0.15, 0.2) is 34.6 Å². The van der Waals surface area contributed by atoms with Crippen molar-refractivity contribution in [1.29, 1.82) is 0 Å². The molecule has 0 unspecified atom stereocenters. The zero-order chi connectivity index (χ0) is 19.8. The van der Waals surface area contributed by atoms with Crippen LogP contribution in [-0.4, -0.2) is 59.9 Å². The van der Waals surface area contributed by atoms with E-state index in [2.05, 4.69) is 0 Å². The first-order valence-corrected chi connectivity index (χ1v) is 8.08. The van der Waals surface area contributed by atoms with Crippen molar-refractivity contribution in [2.75, 3.05) is 14.2 Å². The molecule has 0 aromatic heterocycles. The molecule has 7 heteroatoms. The van der Waals surface area contributed by atoms with Crippen LogP contribution >= 0.6 is 0 Å². The maximum Gasteiger partial charge on any atom is 0.163 e. The van der Waals surface area contributed by atoms with Gasteiger partial charge in [0.25, 0.3) is 0 Å². The van der Waals surface area contributed by atoms with E-state index in [-0.39, 0.29) is 53.4 Å². The Morgan fingerprint density at radius 2 is 1.21 bits per heavy atom. The Labute approximate surface area is 180 Å². The Morgan fingerprint density at radius 1 is 0.821 bits per heavy atom. The summed E-state index contributed by atoms with van der Waals surface area (Å²) in [5.74, 6) is -0.0832. The first-order valence-electron chi connectivity index (χ1n) is 8.08. The van der Waals surface area contributed by atoms with E-state index in [0.29, 0.717) is 22.6 Å². The van der Waals surface area contributed by atoms with Crippen LogP contribution in [0.15, 0.2) is 48.6 Å².